The number of carbonyl (C=O) groups is 2. The van der Waals surface area contributed by atoms with Gasteiger partial charge in [0, 0.05) is 16.1 Å². The van der Waals surface area contributed by atoms with Gasteiger partial charge in [0.05, 0.1) is 11.3 Å². The van der Waals surface area contributed by atoms with Gasteiger partial charge in [-0.3, -0.25) is 9.59 Å². The molecule has 0 atom stereocenters. The number of para-hydroxylation sites is 1. The normalized spacial score (nSPS) is 10.6. The number of benzene rings is 2. The Labute approximate surface area is 137 Å². The van der Waals surface area contributed by atoms with E-state index in [2.05, 4.69) is 5.32 Å². The van der Waals surface area contributed by atoms with Gasteiger partial charge in [0.2, 0.25) is 5.91 Å². The Morgan fingerprint density at radius 1 is 1.09 bits per heavy atom. The van der Waals surface area contributed by atoms with Crippen LogP contribution in [-0.4, -0.2) is 11.8 Å². The Hall–Kier alpha value is -2.30. The third kappa shape index (κ3) is 4.10. The maximum Gasteiger partial charge on any atom is 0.250 e. The maximum atomic E-state index is 11.9. The summed E-state index contributed by atoms with van der Waals surface area (Å²) in [6, 6.07) is 11.4. The zero-order valence-corrected chi connectivity index (χ0v) is 12.9. The summed E-state index contributed by atoms with van der Waals surface area (Å²) >= 11 is 11.9. The first kappa shape index (κ1) is 16.1. The Morgan fingerprint density at radius 2 is 1.82 bits per heavy atom. The summed E-state index contributed by atoms with van der Waals surface area (Å²) in [5.41, 5.74) is 6.46. The van der Waals surface area contributed by atoms with E-state index in [0.717, 1.165) is 0 Å². The van der Waals surface area contributed by atoms with Crippen LogP contribution in [0.4, 0.5) is 5.69 Å². The molecule has 22 heavy (non-hydrogen) atoms. The van der Waals surface area contributed by atoms with Crippen LogP contribution in [0.15, 0.2) is 48.5 Å². The van der Waals surface area contributed by atoms with Gasteiger partial charge in [-0.1, -0.05) is 35.3 Å². The van der Waals surface area contributed by atoms with E-state index in [9.17, 15) is 9.59 Å². The first-order valence-corrected chi connectivity index (χ1v) is 7.06. The molecule has 0 spiro atoms. The molecule has 112 valence electrons. The second-order valence-corrected chi connectivity index (χ2v) is 5.24. The lowest BCUT2D eigenvalue weighted by atomic mass is 10.1. The van der Waals surface area contributed by atoms with Crippen molar-refractivity contribution in [1.29, 1.82) is 0 Å². The molecule has 4 nitrogen and oxygen atoms in total. The minimum atomic E-state index is -0.613. The molecule has 0 heterocycles. The molecule has 0 aliphatic heterocycles. The molecule has 2 rings (SSSR count). The number of halogens is 2. The number of carbonyl (C=O) groups excluding carboxylic acids is 2. The third-order valence-electron chi connectivity index (χ3n) is 2.82. The number of hydrogen-bond acceptors (Lipinski definition) is 2. The van der Waals surface area contributed by atoms with Crippen molar-refractivity contribution in [1.82, 2.24) is 0 Å². The van der Waals surface area contributed by atoms with Crippen molar-refractivity contribution in [2.45, 2.75) is 0 Å². The van der Waals surface area contributed by atoms with Crippen molar-refractivity contribution in [3.8, 4) is 0 Å². The van der Waals surface area contributed by atoms with Crippen LogP contribution in [-0.2, 0) is 4.79 Å². The summed E-state index contributed by atoms with van der Waals surface area (Å²) in [5.74, 6) is -1.03. The Kier molecular flexibility index (Phi) is 5.20. The quantitative estimate of drug-likeness (QED) is 0.836. The molecule has 2 aromatic carbocycles. The lowest BCUT2D eigenvalue weighted by Gasteiger charge is -2.06. The van der Waals surface area contributed by atoms with E-state index in [1.54, 1.807) is 36.4 Å². The largest absolute Gasteiger partial charge is 0.366 e. The van der Waals surface area contributed by atoms with E-state index >= 15 is 0 Å². The molecule has 0 unspecified atom stereocenters. The minimum absolute atomic E-state index is 0.241. The summed E-state index contributed by atoms with van der Waals surface area (Å²) in [5, 5.41) is 3.59. The summed E-state index contributed by atoms with van der Waals surface area (Å²) in [6.07, 6.45) is 2.84. The number of nitrogens with one attached hydrogen (secondary N) is 1. The van der Waals surface area contributed by atoms with Crippen LogP contribution >= 0.6 is 23.2 Å². The molecule has 6 heteroatoms. The summed E-state index contributed by atoms with van der Waals surface area (Å²) in [4.78, 5) is 23.2. The highest BCUT2D eigenvalue weighted by atomic mass is 35.5. The summed E-state index contributed by atoms with van der Waals surface area (Å²) < 4.78 is 0. The number of rotatable bonds is 4. The molecule has 3 N–H and O–H groups in total. The second-order valence-electron chi connectivity index (χ2n) is 4.40. The number of hydrogen-bond donors (Lipinski definition) is 2. The smallest absolute Gasteiger partial charge is 0.250 e. The first-order valence-electron chi connectivity index (χ1n) is 6.30. The van der Waals surface area contributed by atoms with Crippen LogP contribution in [0.1, 0.15) is 15.9 Å². The number of amides is 2. The van der Waals surface area contributed by atoms with Crippen LogP contribution in [0.3, 0.4) is 0 Å². The van der Waals surface area contributed by atoms with Crippen molar-refractivity contribution in [2.75, 3.05) is 5.32 Å². The van der Waals surface area contributed by atoms with Crippen LogP contribution in [0.25, 0.3) is 6.08 Å². The van der Waals surface area contributed by atoms with Crippen LogP contribution in [0, 0.1) is 0 Å². The predicted octanol–water partition coefficient (Wildman–Crippen LogP) is 3.74. The fourth-order valence-corrected chi connectivity index (χ4v) is 2.15. The minimum Gasteiger partial charge on any atom is -0.366 e. The molecule has 0 aliphatic rings. The molecule has 0 aliphatic carbocycles. The zero-order valence-electron chi connectivity index (χ0n) is 11.3. The SMILES string of the molecule is NC(=O)c1ccccc1NC(=O)/C=C/c1cc(Cl)ccc1Cl. The second kappa shape index (κ2) is 7.11. The first-order chi connectivity index (χ1) is 10.5. The van der Waals surface area contributed by atoms with Gasteiger partial charge < -0.3 is 11.1 Å². The summed E-state index contributed by atoms with van der Waals surface area (Å²) in [6.45, 7) is 0. The predicted molar refractivity (Wildman–Crippen MR) is 89.1 cm³/mol. The summed E-state index contributed by atoms with van der Waals surface area (Å²) in [7, 11) is 0. The van der Waals surface area contributed by atoms with Gasteiger partial charge in [-0.05, 0) is 42.0 Å². The van der Waals surface area contributed by atoms with Crippen molar-refractivity contribution < 1.29 is 9.59 Å². The molecule has 0 saturated carbocycles. The Bertz CT molecular complexity index is 758. The average Bonchev–Trinajstić information content (AvgIpc) is 2.48. The molecule has 0 bridgehead atoms. The topological polar surface area (TPSA) is 72.2 Å². The van der Waals surface area contributed by atoms with Crippen LogP contribution < -0.4 is 11.1 Å². The lowest BCUT2D eigenvalue weighted by molar-refractivity contribution is -0.111. The number of anilines is 1. The highest BCUT2D eigenvalue weighted by Crippen LogP contribution is 2.22. The van der Waals surface area contributed by atoms with Crippen molar-refractivity contribution in [3.05, 3.63) is 69.7 Å². The molecule has 0 aromatic heterocycles. The molecule has 0 saturated heterocycles. The molecule has 0 radical (unpaired) electrons. The molecular weight excluding hydrogens is 323 g/mol. The van der Waals surface area contributed by atoms with Crippen molar-refractivity contribution in [3.63, 3.8) is 0 Å². The van der Waals surface area contributed by atoms with Gasteiger partial charge in [-0.25, -0.2) is 0 Å². The van der Waals surface area contributed by atoms with Crippen LogP contribution in [0.5, 0.6) is 0 Å². The molecule has 0 fully saturated rings. The van der Waals surface area contributed by atoms with E-state index < -0.39 is 11.8 Å². The number of primary amides is 1. The molecule has 2 amide bonds. The molecular formula is C16H12Cl2N2O2. The van der Waals surface area contributed by atoms with E-state index in [1.807, 2.05) is 0 Å². The van der Waals surface area contributed by atoms with Gasteiger partial charge in [0.15, 0.2) is 0 Å². The van der Waals surface area contributed by atoms with E-state index in [0.29, 0.717) is 21.3 Å². The maximum absolute atomic E-state index is 11.9. The van der Waals surface area contributed by atoms with E-state index in [1.165, 1.54) is 18.2 Å². The third-order valence-corrected chi connectivity index (χ3v) is 3.40. The van der Waals surface area contributed by atoms with E-state index in [-0.39, 0.29) is 5.56 Å². The van der Waals surface area contributed by atoms with E-state index in [4.69, 9.17) is 28.9 Å². The fraction of sp³-hybridized carbons (Fsp3) is 0. The van der Waals surface area contributed by atoms with Gasteiger partial charge in [0.25, 0.3) is 5.91 Å². The Morgan fingerprint density at radius 3 is 2.55 bits per heavy atom. The standard InChI is InChI=1S/C16H12Cl2N2O2/c17-11-6-7-13(18)10(9-11)5-8-15(21)20-14-4-2-1-3-12(14)16(19)22/h1-9H,(H2,19,22)(H,20,21)/b8-5+. The van der Waals surface area contributed by atoms with Gasteiger partial charge in [-0.2, -0.15) is 0 Å². The average molecular weight is 335 g/mol. The highest BCUT2D eigenvalue weighted by molar-refractivity contribution is 6.34. The fourth-order valence-electron chi connectivity index (χ4n) is 1.79. The van der Waals surface area contributed by atoms with Crippen molar-refractivity contribution >= 4 is 46.8 Å². The monoisotopic (exact) mass is 334 g/mol. The van der Waals surface area contributed by atoms with Gasteiger partial charge in [0.1, 0.15) is 0 Å². The molecule has 2 aromatic rings. The van der Waals surface area contributed by atoms with Crippen molar-refractivity contribution in [2.24, 2.45) is 5.73 Å². The van der Waals surface area contributed by atoms with Gasteiger partial charge >= 0.3 is 0 Å². The number of nitrogens with two attached hydrogens (primary N) is 1. The van der Waals surface area contributed by atoms with Crippen LogP contribution in [0.2, 0.25) is 10.0 Å². The zero-order chi connectivity index (χ0) is 16.1. The lowest BCUT2D eigenvalue weighted by Crippen LogP contribution is -2.16. The highest BCUT2D eigenvalue weighted by Gasteiger charge is 2.08. The Balaban J connectivity index is 2.15. The van der Waals surface area contributed by atoms with Gasteiger partial charge in [-0.15, -0.1) is 0 Å².